The van der Waals surface area contributed by atoms with Crippen LogP contribution in [-0.4, -0.2) is 30.2 Å². The number of piperidine rings is 1. The molecule has 0 aromatic heterocycles. The molecule has 1 unspecified atom stereocenters. The lowest BCUT2D eigenvalue weighted by atomic mass is 10.00. The lowest BCUT2D eigenvalue weighted by Gasteiger charge is -2.31. The third kappa shape index (κ3) is 1.57. The molecular weight excluding hydrogens is 124 g/mol. The van der Waals surface area contributed by atoms with E-state index in [1.165, 1.54) is 25.8 Å². The summed E-state index contributed by atoms with van der Waals surface area (Å²) >= 11 is 0. The average Bonchev–Trinajstić information content (AvgIpc) is 1.88. The number of hydrogen-bond acceptors (Lipinski definition) is 2. The highest BCUT2D eigenvalue weighted by Gasteiger charge is 2.19. The zero-order valence-electron chi connectivity index (χ0n) is 6.85. The molecule has 0 bridgehead atoms. The van der Waals surface area contributed by atoms with Crippen LogP contribution in [0.2, 0.25) is 0 Å². The first-order chi connectivity index (χ1) is 4.72. The first-order valence-corrected chi connectivity index (χ1v) is 3.97. The third-order valence-corrected chi connectivity index (χ3v) is 2.27. The Morgan fingerprint density at radius 2 is 2.20 bits per heavy atom. The molecule has 0 radical (unpaired) electrons. The van der Waals surface area contributed by atoms with Crippen LogP contribution in [0.15, 0.2) is 0 Å². The topological polar surface area (TPSA) is 27.1 Å². The maximum atomic E-state index is 7.48. The van der Waals surface area contributed by atoms with Crippen molar-refractivity contribution in [2.24, 2.45) is 0 Å². The van der Waals surface area contributed by atoms with Crippen molar-refractivity contribution in [1.29, 1.82) is 5.41 Å². The Morgan fingerprint density at radius 3 is 2.60 bits per heavy atom. The van der Waals surface area contributed by atoms with Gasteiger partial charge in [-0.25, -0.2) is 0 Å². The summed E-state index contributed by atoms with van der Waals surface area (Å²) in [5.74, 6) is 0. The quantitative estimate of drug-likeness (QED) is 0.549. The molecule has 2 nitrogen and oxygen atoms in total. The summed E-state index contributed by atoms with van der Waals surface area (Å²) in [6, 6.07) is 0.439. The number of likely N-dealkylation sites (tertiary alicyclic amines) is 1. The fourth-order valence-electron chi connectivity index (χ4n) is 1.62. The van der Waals surface area contributed by atoms with Crippen LogP contribution in [0.3, 0.4) is 0 Å². The SMILES string of the molecule is CC(=N)C1CCCCN1C. The molecule has 1 saturated heterocycles. The maximum absolute atomic E-state index is 7.48. The first-order valence-electron chi connectivity index (χ1n) is 3.97. The zero-order valence-corrected chi connectivity index (χ0v) is 6.85. The van der Waals surface area contributed by atoms with E-state index >= 15 is 0 Å². The predicted octanol–water partition coefficient (Wildman–Crippen LogP) is 1.51. The molecule has 0 amide bonds. The van der Waals surface area contributed by atoms with Gasteiger partial charge in [0.05, 0.1) is 0 Å². The standard InChI is InChI=1S/C8H16N2/c1-7(9)8-5-3-4-6-10(8)2/h8-9H,3-6H2,1-2H3. The Bertz CT molecular complexity index is 131. The van der Waals surface area contributed by atoms with E-state index in [2.05, 4.69) is 11.9 Å². The minimum atomic E-state index is 0.439. The Labute approximate surface area is 62.7 Å². The molecule has 1 aliphatic rings. The van der Waals surface area contributed by atoms with E-state index in [-0.39, 0.29) is 0 Å². The van der Waals surface area contributed by atoms with E-state index in [0.717, 1.165) is 5.71 Å². The van der Waals surface area contributed by atoms with Crippen LogP contribution < -0.4 is 0 Å². The molecule has 2 heteroatoms. The summed E-state index contributed by atoms with van der Waals surface area (Å²) in [5.41, 5.74) is 0.821. The van der Waals surface area contributed by atoms with E-state index in [4.69, 9.17) is 5.41 Å². The number of hydrogen-bond donors (Lipinski definition) is 1. The van der Waals surface area contributed by atoms with E-state index in [1.807, 2.05) is 6.92 Å². The summed E-state index contributed by atoms with van der Waals surface area (Å²) in [4.78, 5) is 2.28. The van der Waals surface area contributed by atoms with Gasteiger partial charge in [-0.1, -0.05) is 6.42 Å². The average molecular weight is 140 g/mol. The van der Waals surface area contributed by atoms with E-state index in [0.29, 0.717) is 6.04 Å². The maximum Gasteiger partial charge on any atom is 0.0468 e. The number of rotatable bonds is 1. The molecule has 0 saturated carbocycles. The van der Waals surface area contributed by atoms with Crippen LogP contribution in [-0.2, 0) is 0 Å². The van der Waals surface area contributed by atoms with Crippen LogP contribution in [0.5, 0.6) is 0 Å². The first kappa shape index (κ1) is 7.73. The monoisotopic (exact) mass is 140 g/mol. The molecular formula is C8H16N2. The normalized spacial score (nSPS) is 28.4. The summed E-state index contributed by atoms with van der Waals surface area (Å²) in [6.07, 6.45) is 3.79. The Hall–Kier alpha value is -0.370. The second kappa shape index (κ2) is 3.15. The van der Waals surface area contributed by atoms with Crippen molar-refractivity contribution in [1.82, 2.24) is 4.90 Å². The Balaban J connectivity index is 2.47. The summed E-state index contributed by atoms with van der Waals surface area (Å²) in [7, 11) is 2.11. The summed E-state index contributed by atoms with van der Waals surface area (Å²) < 4.78 is 0. The Kier molecular flexibility index (Phi) is 2.44. The molecule has 1 fully saturated rings. The Morgan fingerprint density at radius 1 is 1.50 bits per heavy atom. The predicted molar refractivity (Wildman–Crippen MR) is 43.7 cm³/mol. The van der Waals surface area contributed by atoms with Gasteiger partial charge >= 0.3 is 0 Å². The number of nitrogens with one attached hydrogen (secondary N) is 1. The fraction of sp³-hybridized carbons (Fsp3) is 0.875. The van der Waals surface area contributed by atoms with Gasteiger partial charge in [-0.05, 0) is 33.4 Å². The smallest absolute Gasteiger partial charge is 0.0468 e. The highest BCUT2D eigenvalue weighted by molar-refractivity contribution is 5.84. The van der Waals surface area contributed by atoms with Gasteiger partial charge in [0.1, 0.15) is 0 Å². The van der Waals surface area contributed by atoms with Crippen LogP contribution >= 0.6 is 0 Å². The van der Waals surface area contributed by atoms with Crippen LogP contribution in [0.1, 0.15) is 26.2 Å². The van der Waals surface area contributed by atoms with Crippen LogP contribution in [0.25, 0.3) is 0 Å². The fourth-order valence-corrected chi connectivity index (χ4v) is 1.62. The van der Waals surface area contributed by atoms with Crippen molar-refractivity contribution < 1.29 is 0 Å². The van der Waals surface area contributed by atoms with E-state index in [1.54, 1.807) is 0 Å². The highest BCUT2D eigenvalue weighted by atomic mass is 15.1. The molecule has 0 aromatic carbocycles. The molecule has 1 N–H and O–H groups in total. The molecule has 1 atom stereocenters. The van der Waals surface area contributed by atoms with Crippen molar-refractivity contribution in [3.63, 3.8) is 0 Å². The molecule has 58 valence electrons. The summed E-state index contributed by atoms with van der Waals surface area (Å²) in [6.45, 7) is 3.08. The lowest BCUT2D eigenvalue weighted by molar-refractivity contribution is 0.234. The zero-order chi connectivity index (χ0) is 7.56. The molecule has 1 rings (SSSR count). The molecule has 0 aromatic rings. The largest absolute Gasteiger partial charge is 0.308 e. The molecule has 10 heavy (non-hydrogen) atoms. The summed E-state index contributed by atoms with van der Waals surface area (Å²) in [5, 5.41) is 7.48. The van der Waals surface area contributed by atoms with Crippen LogP contribution in [0.4, 0.5) is 0 Å². The minimum absolute atomic E-state index is 0.439. The second-order valence-electron chi connectivity index (χ2n) is 3.18. The van der Waals surface area contributed by atoms with Crippen molar-refractivity contribution in [2.45, 2.75) is 32.2 Å². The van der Waals surface area contributed by atoms with Gasteiger partial charge < -0.3 is 5.41 Å². The lowest BCUT2D eigenvalue weighted by Crippen LogP contribution is -2.40. The van der Waals surface area contributed by atoms with Crippen molar-refractivity contribution in [2.75, 3.05) is 13.6 Å². The van der Waals surface area contributed by atoms with Crippen molar-refractivity contribution in [3.8, 4) is 0 Å². The van der Waals surface area contributed by atoms with Crippen LogP contribution in [0, 0.1) is 5.41 Å². The minimum Gasteiger partial charge on any atom is -0.308 e. The van der Waals surface area contributed by atoms with Gasteiger partial charge in [0.25, 0.3) is 0 Å². The van der Waals surface area contributed by atoms with E-state index in [9.17, 15) is 0 Å². The van der Waals surface area contributed by atoms with Gasteiger partial charge in [-0.2, -0.15) is 0 Å². The third-order valence-electron chi connectivity index (χ3n) is 2.27. The van der Waals surface area contributed by atoms with Gasteiger partial charge in [-0.15, -0.1) is 0 Å². The second-order valence-corrected chi connectivity index (χ2v) is 3.18. The van der Waals surface area contributed by atoms with Gasteiger partial charge in [0.2, 0.25) is 0 Å². The number of nitrogens with zero attached hydrogens (tertiary/aromatic N) is 1. The van der Waals surface area contributed by atoms with E-state index < -0.39 is 0 Å². The van der Waals surface area contributed by atoms with Gasteiger partial charge in [-0.3, -0.25) is 4.90 Å². The highest BCUT2D eigenvalue weighted by Crippen LogP contribution is 2.15. The molecule has 0 aliphatic carbocycles. The van der Waals surface area contributed by atoms with Gasteiger partial charge in [0.15, 0.2) is 0 Å². The van der Waals surface area contributed by atoms with Gasteiger partial charge in [0, 0.05) is 11.8 Å². The molecule has 1 heterocycles. The molecule has 1 aliphatic heterocycles. The van der Waals surface area contributed by atoms with Crippen molar-refractivity contribution >= 4 is 5.71 Å². The van der Waals surface area contributed by atoms with Crippen molar-refractivity contribution in [3.05, 3.63) is 0 Å². The molecule has 0 spiro atoms.